The van der Waals surface area contributed by atoms with Crippen LogP contribution in [0.25, 0.3) is 10.2 Å². The number of nitrogens with zero attached hydrogens (tertiary/aromatic N) is 2. The molecule has 20 heavy (non-hydrogen) atoms. The third kappa shape index (κ3) is 2.65. The minimum atomic E-state index is -0.0657. The number of hydrogen-bond donors (Lipinski definition) is 2. The van der Waals surface area contributed by atoms with E-state index >= 15 is 0 Å². The van der Waals surface area contributed by atoms with Crippen LogP contribution in [-0.2, 0) is 6.54 Å². The van der Waals surface area contributed by atoms with Crippen molar-refractivity contribution in [2.45, 2.75) is 25.9 Å². The summed E-state index contributed by atoms with van der Waals surface area (Å²) in [6.07, 6.45) is 2.75. The van der Waals surface area contributed by atoms with E-state index in [4.69, 9.17) is 0 Å². The fourth-order valence-electron chi connectivity index (χ4n) is 2.04. The van der Waals surface area contributed by atoms with Crippen LogP contribution in [0, 0.1) is 0 Å². The zero-order valence-electron chi connectivity index (χ0n) is 10.9. The third-order valence-electron chi connectivity index (χ3n) is 3.04. The number of H-pyrrole nitrogens is 1. The van der Waals surface area contributed by atoms with Crippen molar-refractivity contribution in [1.82, 2.24) is 20.3 Å². The molecular weight excluding hydrogens is 292 g/mol. The molecule has 0 saturated heterocycles. The fourth-order valence-corrected chi connectivity index (χ4v) is 3.56. The van der Waals surface area contributed by atoms with Crippen molar-refractivity contribution in [3.8, 4) is 0 Å². The van der Waals surface area contributed by atoms with Crippen LogP contribution in [0.4, 0.5) is 0 Å². The molecule has 0 aliphatic carbocycles. The second-order valence-electron chi connectivity index (χ2n) is 4.36. The van der Waals surface area contributed by atoms with Crippen molar-refractivity contribution in [1.29, 1.82) is 0 Å². The molecule has 3 aromatic heterocycles. The Hall–Kier alpha value is -1.57. The maximum atomic E-state index is 11.9. The van der Waals surface area contributed by atoms with Crippen LogP contribution in [0.15, 0.2) is 27.8 Å². The molecule has 3 aromatic rings. The predicted molar refractivity (Wildman–Crippen MR) is 82.2 cm³/mol. The number of aromatic nitrogens is 3. The number of fused-ring (bicyclic) bond motifs is 1. The number of thiazole rings is 1. The Labute approximate surface area is 123 Å². The quantitative estimate of drug-likeness (QED) is 0.760. The van der Waals surface area contributed by atoms with Gasteiger partial charge in [0.2, 0.25) is 0 Å². The van der Waals surface area contributed by atoms with Crippen LogP contribution in [0.2, 0.25) is 0 Å². The molecule has 0 amide bonds. The van der Waals surface area contributed by atoms with Crippen molar-refractivity contribution in [3.05, 3.63) is 44.2 Å². The standard InChI is InChI=1S/C13H14N4OS2/c1-2-8(13-14-4-6-20-13)15-7-10-16-9-3-5-19-11(9)12(18)17-10/h3-6,8,15H,2,7H2,1H3,(H,16,17,18). The Balaban J connectivity index is 1.77. The number of nitrogens with one attached hydrogen (secondary N) is 2. The summed E-state index contributed by atoms with van der Waals surface area (Å²) >= 11 is 3.05. The average molecular weight is 306 g/mol. The third-order valence-corrected chi connectivity index (χ3v) is 4.83. The zero-order chi connectivity index (χ0) is 13.9. The van der Waals surface area contributed by atoms with E-state index in [2.05, 4.69) is 27.2 Å². The van der Waals surface area contributed by atoms with E-state index in [1.165, 1.54) is 11.3 Å². The molecule has 3 rings (SSSR count). The molecule has 0 aromatic carbocycles. The van der Waals surface area contributed by atoms with Gasteiger partial charge in [0.15, 0.2) is 0 Å². The van der Waals surface area contributed by atoms with Gasteiger partial charge in [-0.1, -0.05) is 6.92 Å². The van der Waals surface area contributed by atoms with Gasteiger partial charge >= 0.3 is 0 Å². The Morgan fingerprint density at radius 1 is 1.40 bits per heavy atom. The number of thiophene rings is 1. The van der Waals surface area contributed by atoms with Gasteiger partial charge in [0.25, 0.3) is 5.56 Å². The monoisotopic (exact) mass is 306 g/mol. The topological polar surface area (TPSA) is 70.7 Å². The van der Waals surface area contributed by atoms with Crippen LogP contribution < -0.4 is 10.9 Å². The molecule has 0 fully saturated rings. The van der Waals surface area contributed by atoms with Gasteiger partial charge in [0, 0.05) is 11.6 Å². The molecule has 104 valence electrons. The minimum absolute atomic E-state index is 0.0657. The molecule has 3 heterocycles. The van der Waals surface area contributed by atoms with Crippen molar-refractivity contribution < 1.29 is 0 Å². The summed E-state index contributed by atoms with van der Waals surface area (Å²) in [4.78, 5) is 23.5. The molecule has 0 radical (unpaired) electrons. The summed E-state index contributed by atoms with van der Waals surface area (Å²) in [6, 6.07) is 2.06. The first kappa shape index (κ1) is 13.4. The van der Waals surface area contributed by atoms with E-state index in [1.54, 1.807) is 11.3 Å². The molecule has 7 heteroatoms. The lowest BCUT2D eigenvalue weighted by Gasteiger charge is -2.13. The van der Waals surface area contributed by atoms with Crippen LogP contribution in [-0.4, -0.2) is 15.0 Å². The lowest BCUT2D eigenvalue weighted by molar-refractivity contribution is 0.506. The number of aromatic amines is 1. The molecule has 0 saturated carbocycles. The molecule has 2 N–H and O–H groups in total. The molecule has 0 aliphatic rings. The maximum absolute atomic E-state index is 11.9. The fraction of sp³-hybridized carbons (Fsp3) is 0.308. The summed E-state index contributed by atoms with van der Waals surface area (Å²) in [6.45, 7) is 2.64. The summed E-state index contributed by atoms with van der Waals surface area (Å²) in [5, 5.41) is 8.31. The Morgan fingerprint density at radius 2 is 2.30 bits per heavy atom. The number of rotatable bonds is 5. The Morgan fingerprint density at radius 3 is 3.05 bits per heavy atom. The van der Waals surface area contributed by atoms with Gasteiger partial charge in [-0.05, 0) is 17.9 Å². The van der Waals surface area contributed by atoms with Gasteiger partial charge in [-0.15, -0.1) is 22.7 Å². The van der Waals surface area contributed by atoms with Gasteiger partial charge in [-0.25, -0.2) is 9.97 Å². The van der Waals surface area contributed by atoms with Gasteiger partial charge < -0.3 is 10.3 Å². The van der Waals surface area contributed by atoms with Crippen molar-refractivity contribution in [2.75, 3.05) is 0 Å². The largest absolute Gasteiger partial charge is 0.308 e. The van der Waals surface area contributed by atoms with Crippen LogP contribution >= 0.6 is 22.7 Å². The van der Waals surface area contributed by atoms with Crippen molar-refractivity contribution >= 4 is 32.9 Å². The van der Waals surface area contributed by atoms with Crippen molar-refractivity contribution in [2.24, 2.45) is 0 Å². The molecule has 0 aliphatic heterocycles. The lowest BCUT2D eigenvalue weighted by Crippen LogP contribution is -2.23. The highest BCUT2D eigenvalue weighted by molar-refractivity contribution is 7.17. The Bertz CT molecular complexity index is 747. The first-order valence-electron chi connectivity index (χ1n) is 6.37. The summed E-state index contributed by atoms with van der Waals surface area (Å²) in [5.41, 5.74) is 0.696. The van der Waals surface area contributed by atoms with Gasteiger partial charge in [-0.2, -0.15) is 0 Å². The molecule has 0 spiro atoms. The van der Waals surface area contributed by atoms with Crippen LogP contribution in [0.5, 0.6) is 0 Å². The van der Waals surface area contributed by atoms with Crippen LogP contribution in [0.3, 0.4) is 0 Å². The van der Waals surface area contributed by atoms with E-state index in [0.717, 1.165) is 16.9 Å². The highest BCUT2D eigenvalue weighted by Crippen LogP contribution is 2.19. The van der Waals surface area contributed by atoms with Crippen LogP contribution in [0.1, 0.15) is 30.2 Å². The average Bonchev–Trinajstić information content (AvgIpc) is 3.10. The van der Waals surface area contributed by atoms with E-state index < -0.39 is 0 Å². The van der Waals surface area contributed by atoms with Crippen molar-refractivity contribution in [3.63, 3.8) is 0 Å². The summed E-state index contributed by atoms with van der Waals surface area (Å²) < 4.78 is 0.681. The van der Waals surface area contributed by atoms with E-state index in [9.17, 15) is 4.79 Å². The molecule has 5 nitrogen and oxygen atoms in total. The smallest absolute Gasteiger partial charge is 0.268 e. The summed E-state index contributed by atoms with van der Waals surface area (Å²) in [7, 11) is 0. The zero-order valence-corrected chi connectivity index (χ0v) is 12.6. The van der Waals surface area contributed by atoms with Gasteiger partial charge in [0.05, 0.1) is 18.1 Å². The van der Waals surface area contributed by atoms with E-state index in [1.807, 2.05) is 23.0 Å². The molecular formula is C13H14N4OS2. The first-order valence-corrected chi connectivity index (χ1v) is 8.13. The Kier molecular flexibility index (Phi) is 3.90. The number of hydrogen-bond acceptors (Lipinski definition) is 6. The summed E-state index contributed by atoms with van der Waals surface area (Å²) in [5.74, 6) is 0.663. The molecule has 0 bridgehead atoms. The minimum Gasteiger partial charge on any atom is -0.308 e. The second-order valence-corrected chi connectivity index (χ2v) is 6.20. The SMILES string of the molecule is CCC(NCc1nc2ccsc2c(=O)[nH]1)c1nccs1. The highest BCUT2D eigenvalue weighted by atomic mass is 32.1. The predicted octanol–water partition coefficient (Wildman–Crippen LogP) is 2.68. The molecule has 1 atom stereocenters. The first-order chi connectivity index (χ1) is 9.78. The van der Waals surface area contributed by atoms with E-state index in [0.29, 0.717) is 17.1 Å². The highest BCUT2D eigenvalue weighted by Gasteiger charge is 2.12. The van der Waals surface area contributed by atoms with Gasteiger partial charge in [0.1, 0.15) is 15.5 Å². The normalized spacial score (nSPS) is 12.8. The maximum Gasteiger partial charge on any atom is 0.268 e. The second kappa shape index (κ2) is 5.82. The lowest BCUT2D eigenvalue weighted by atomic mass is 10.2. The van der Waals surface area contributed by atoms with E-state index in [-0.39, 0.29) is 11.6 Å². The molecule has 1 unspecified atom stereocenters. The van der Waals surface area contributed by atoms with Gasteiger partial charge in [-0.3, -0.25) is 4.79 Å².